The van der Waals surface area contributed by atoms with E-state index in [0.717, 1.165) is 38.0 Å². The number of ether oxygens (including phenoxy) is 2. The Morgan fingerprint density at radius 2 is 1.57 bits per heavy atom. The van der Waals surface area contributed by atoms with E-state index in [2.05, 4.69) is 4.90 Å². The first-order valence-electron chi connectivity index (χ1n) is 13.3. The van der Waals surface area contributed by atoms with E-state index >= 15 is 0 Å². The minimum Gasteiger partial charge on any atom is -0.508 e. The standard InChI is InChI=1S/C31H30F3NO5S.ClH/c1-41(37,38)29-14-6-22(20-28(29)31(32,33)34)26-12-5-21-19-23(36)7-13-27(21)30(26)40-25-10-8-24(9-11-25)39-18-17-35-15-3-2-4-16-35;/h5-14,19-20,36H,2-4,15-18H2,1H3;1H. The van der Waals surface area contributed by atoms with Gasteiger partial charge >= 0.3 is 6.18 Å². The highest BCUT2D eigenvalue weighted by molar-refractivity contribution is 7.90. The summed E-state index contributed by atoms with van der Waals surface area (Å²) in [6, 6.07) is 18.0. The van der Waals surface area contributed by atoms with Crippen LogP contribution in [0.2, 0.25) is 0 Å². The Bertz CT molecular complexity index is 1650. The third kappa shape index (κ3) is 7.29. The second kappa shape index (κ2) is 12.8. The van der Waals surface area contributed by atoms with E-state index in [0.29, 0.717) is 34.4 Å². The highest BCUT2D eigenvalue weighted by Crippen LogP contribution is 2.43. The van der Waals surface area contributed by atoms with Crippen molar-refractivity contribution in [2.75, 3.05) is 32.5 Å². The Balaban J connectivity index is 0.00000405. The van der Waals surface area contributed by atoms with Crippen LogP contribution in [0.25, 0.3) is 21.9 Å². The van der Waals surface area contributed by atoms with Crippen LogP contribution in [0.4, 0.5) is 13.2 Å². The topological polar surface area (TPSA) is 76.1 Å². The number of phenols is 1. The van der Waals surface area contributed by atoms with Gasteiger partial charge in [0.2, 0.25) is 0 Å². The Labute approximate surface area is 249 Å². The van der Waals surface area contributed by atoms with E-state index in [4.69, 9.17) is 9.47 Å². The maximum atomic E-state index is 13.9. The number of piperidine rings is 1. The molecule has 0 bridgehead atoms. The summed E-state index contributed by atoms with van der Waals surface area (Å²) in [5.41, 5.74) is -0.789. The van der Waals surface area contributed by atoms with Gasteiger partial charge in [0.05, 0.1) is 10.5 Å². The van der Waals surface area contributed by atoms with E-state index in [-0.39, 0.29) is 29.5 Å². The van der Waals surface area contributed by atoms with Crippen molar-refractivity contribution in [3.8, 4) is 34.1 Å². The van der Waals surface area contributed by atoms with Gasteiger partial charge in [0.25, 0.3) is 0 Å². The van der Waals surface area contributed by atoms with Crippen LogP contribution in [-0.2, 0) is 16.0 Å². The smallest absolute Gasteiger partial charge is 0.417 e. The van der Waals surface area contributed by atoms with Crippen LogP contribution in [0, 0.1) is 0 Å². The Morgan fingerprint density at radius 3 is 2.24 bits per heavy atom. The number of benzene rings is 4. The van der Waals surface area contributed by atoms with Gasteiger partial charge in [-0.1, -0.05) is 18.6 Å². The van der Waals surface area contributed by atoms with Crippen molar-refractivity contribution in [3.63, 3.8) is 0 Å². The molecule has 0 saturated carbocycles. The Morgan fingerprint density at radius 1 is 0.881 bits per heavy atom. The summed E-state index contributed by atoms with van der Waals surface area (Å²) in [5.74, 6) is 1.39. The number of alkyl halides is 3. The fraction of sp³-hybridized carbons (Fsp3) is 0.290. The molecule has 0 aromatic heterocycles. The second-order valence-electron chi connectivity index (χ2n) is 10.2. The Hall–Kier alpha value is -3.47. The number of fused-ring (bicyclic) bond motifs is 1. The van der Waals surface area contributed by atoms with Crippen molar-refractivity contribution in [2.24, 2.45) is 0 Å². The normalized spacial score (nSPS) is 14.4. The number of phenolic OH excluding ortho intramolecular Hbond substituents is 1. The molecule has 0 spiro atoms. The van der Waals surface area contributed by atoms with Gasteiger partial charge in [0.15, 0.2) is 9.84 Å². The third-order valence-corrected chi connectivity index (χ3v) is 8.27. The van der Waals surface area contributed by atoms with Crippen LogP contribution >= 0.6 is 12.4 Å². The molecule has 6 nitrogen and oxygen atoms in total. The molecule has 4 aromatic rings. The summed E-state index contributed by atoms with van der Waals surface area (Å²) < 4.78 is 78.0. The molecule has 0 amide bonds. The molecule has 11 heteroatoms. The van der Waals surface area contributed by atoms with Crippen molar-refractivity contribution in [1.29, 1.82) is 0 Å². The molecule has 1 aliphatic heterocycles. The van der Waals surface area contributed by atoms with Crippen LogP contribution < -0.4 is 9.47 Å². The van der Waals surface area contributed by atoms with E-state index in [1.54, 1.807) is 42.5 Å². The van der Waals surface area contributed by atoms with E-state index in [9.17, 15) is 26.7 Å². The fourth-order valence-corrected chi connectivity index (χ4v) is 5.96. The molecule has 4 aromatic carbocycles. The number of nitrogens with zero attached hydrogens (tertiary/aromatic N) is 1. The van der Waals surface area contributed by atoms with Gasteiger partial charge in [-0.3, -0.25) is 4.90 Å². The summed E-state index contributed by atoms with van der Waals surface area (Å²) in [6.07, 6.45) is -0.451. The molecule has 1 N–H and O–H groups in total. The summed E-state index contributed by atoms with van der Waals surface area (Å²) in [5, 5.41) is 11.1. The predicted octanol–water partition coefficient (Wildman–Crippen LogP) is 7.71. The van der Waals surface area contributed by atoms with Gasteiger partial charge in [-0.05, 0) is 97.5 Å². The molecule has 0 radical (unpaired) electrons. The van der Waals surface area contributed by atoms with Gasteiger partial charge < -0.3 is 14.6 Å². The Kier molecular flexibility index (Phi) is 9.60. The third-order valence-electron chi connectivity index (χ3n) is 7.12. The molecule has 42 heavy (non-hydrogen) atoms. The highest BCUT2D eigenvalue weighted by atomic mass is 35.5. The number of halogens is 4. The highest BCUT2D eigenvalue weighted by Gasteiger charge is 2.36. The monoisotopic (exact) mass is 621 g/mol. The molecule has 1 saturated heterocycles. The molecule has 0 atom stereocenters. The number of hydrogen-bond acceptors (Lipinski definition) is 6. The lowest BCUT2D eigenvalue weighted by atomic mass is 9.97. The number of likely N-dealkylation sites (tertiary alicyclic amines) is 1. The first kappa shape index (κ1) is 31.5. The number of hydrogen-bond donors (Lipinski definition) is 1. The first-order chi connectivity index (χ1) is 19.5. The van der Waals surface area contributed by atoms with E-state index in [1.807, 2.05) is 0 Å². The lowest BCUT2D eigenvalue weighted by Crippen LogP contribution is -2.33. The van der Waals surface area contributed by atoms with Gasteiger partial charge in [0.1, 0.15) is 29.6 Å². The van der Waals surface area contributed by atoms with Crippen molar-refractivity contribution >= 4 is 33.0 Å². The number of sulfone groups is 1. The second-order valence-corrected chi connectivity index (χ2v) is 12.1. The minimum absolute atomic E-state index is 0. The van der Waals surface area contributed by atoms with Crippen molar-refractivity contribution in [2.45, 2.75) is 30.3 Å². The summed E-state index contributed by atoms with van der Waals surface area (Å²) in [7, 11) is -4.12. The molecular weight excluding hydrogens is 591 g/mol. The van der Waals surface area contributed by atoms with Gasteiger partial charge in [0, 0.05) is 23.8 Å². The minimum atomic E-state index is -4.89. The lowest BCUT2D eigenvalue weighted by Gasteiger charge is -2.26. The zero-order valence-electron chi connectivity index (χ0n) is 22.9. The molecule has 1 aliphatic rings. The van der Waals surface area contributed by atoms with E-state index in [1.165, 1.54) is 37.5 Å². The molecule has 1 fully saturated rings. The maximum Gasteiger partial charge on any atom is 0.417 e. The van der Waals surface area contributed by atoms with Gasteiger partial charge in [-0.15, -0.1) is 12.4 Å². The van der Waals surface area contributed by atoms with Crippen LogP contribution in [-0.4, -0.2) is 50.9 Å². The average Bonchev–Trinajstić information content (AvgIpc) is 2.93. The van der Waals surface area contributed by atoms with Crippen LogP contribution in [0.5, 0.6) is 23.0 Å². The zero-order valence-corrected chi connectivity index (χ0v) is 24.5. The largest absolute Gasteiger partial charge is 0.508 e. The van der Waals surface area contributed by atoms with Gasteiger partial charge in [-0.25, -0.2) is 8.42 Å². The summed E-state index contributed by atoms with van der Waals surface area (Å²) in [4.78, 5) is 1.59. The van der Waals surface area contributed by atoms with E-state index < -0.39 is 26.5 Å². The quantitative estimate of drug-likeness (QED) is 0.217. The lowest BCUT2D eigenvalue weighted by molar-refractivity contribution is -0.139. The van der Waals surface area contributed by atoms with Crippen LogP contribution in [0.1, 0.15) is 24.8 Å². The van der Waals surface area contributed by atoms with Crippen molar-refractivity contribution in [3.05, 3.63) is 78.4 Å². The summed E-state index contributed by atoms with van der Waals surface area (Å²) in [6.45, 7) is 3.58. The van der Waals surface area contributed by atoms with Gasteiger partial charge in [-0.2, -0.15) is 13.2 Å². The molecule has 1 heterocycles. The molecule has 0 unspecified atom stereocenters. The van der Waals surface area contributed by atoms with Crippen molar-refractivity contribution < 1.29 is 36.2 Å². The first-order valence-corrected chi connectivity index (χ1v) is 15.2. The fourth-order valence-electron chi connectivity index (χ4n) is 5.07. The average molecular weight is 622 g/mol. The molecule has 5 rings (SSSR count). The summed E-state index contributed by atoms with van der Waals surface area (Å²) >= 11 is 0. The molecule has 224 valence electrons. The SMILES string of the molecule is CS(=O)(=O)c1ccc(-c2ccc3cc(O)ccc3c2Oc2ccc(OCCN3CCCCC3)cc2)cc1C(F)(F)F.Cl. The predicted molar refractivity (Wildman–Crippen MR) is 159 cm³/mol. The van der Waals surface area contributed by atoms with Crippen LogP contribution in [0.3, 0.4) is 0 Å². The molecule has 0 aliphatic carbocycles. The number of aromatic hydroxyl groups is 1. The number of rotatable bonds is 8. The molecular formula is C31H31ClF3NO5S. The maximum absolute atomic E-state index is 13.9. The van der Waals surface area contributed by atoms with Crippen molar-refractivity contribution in [1.82, 2.24) is 4.90 Å². The van der Waals surface area contributed by atoms with Crippen LogP contribution in [0.15, 0.2) is 77.7 Å². The zero-order chi connectivity index (χ0) is 29.2.